The van der Waals surface area contributed by atoms with Crippen molar-refractivity contribution in [2.75, 3.05) is 0 Å². The molecule has 1 aromatic rings. The average Bonchev–Trinajstić information content (AvgIpc) is 2.49. The molecule has 0 aliphatic rings. The number of hydrogen-bond acceptors (Lipinski definition) is 2. The fourth-order valence-corrected chi connectivity index (χ4v) is 0.948. The van der Waals surface area contributed by atoms with E-state index in [0.717, 1.165) is 0 Å². The summed E-state index contributed by atoms with van der Waals surface area (Å²) in [7, 11) is 0. The predicted octanol–water partition coefficient (Wildman–Crippen LogP) is 3.04. The van der Waals surface area contributed by atoms with Gasteiger partial charge in [-0.2, -0.15) is 13.2 Å². The molecule has 0 bridgehead atoms. The van der Waals surface area contributed by atoms with Crippen LogP contribution in [0, 0.1) is 0 Å². The van der Waals surface area contributed by atoms with Crippen LogP contribution in [0.4, 0.5) is 13.2 Å². The Hall–Kier alpha value is -1.26. The van der Waals surface area contributed by atoms with Gasteiger partial charge in [0.1, 0.15) is 0 Å². The SMILES string of the molecule is CC(C)N=C(c1ccco1)C(F)(F)F. The number of nitrogens with zero attached hydrogens (tertiary/aromatic N) is 1. The molecule has 0 spiro atoms. The van der Waals surface area contributed by atoms with Crippen molar-refractivity contribution in [2.24, 2.45) is 4.99 Å². The molecule has 1 aromatic heterocycles. The summed E-state index contributed by atoms with van der Waals surface area (Å²) in [5, 5.41) is 0. The molecule has 1 rings (SSSR count). The van der Waals surface area contributed by atoms with E-state index in [1.54, 1.807) is 13.8 Å². The fraction of sp³-hybridized carbons (Fsp3) is 0.444. The summed E-state index contributed by atoms with van der Waals surface area (Å²) in [4.78, 5) is 3.49. The summed E-state index contributed by atoms with van der Waals surface area (Å²) in [5.74, 6) is -0.244. The van der Waals surface area contributed by atoms with Gasteiger partial charge in [-0.25, -0.2) is 0 Å². The monoisotopic (exact) mass is 205 g/mol. The number of hydrogen-bond donors (Lipinski definition) is 0. The fourth-order valence-electron chi connectivity index (χ4n) is 0.948. The number of alkyl halides is 3. The second-order valence-corrected chi connectivity index (χ2v) is 3.05. The molecule has 2 nitrogen and oxygen atoms in total. The third kappa shape index (κ3) is 2.61. The first-order chi connectivity index (χ1) is 6.41. The molecule has 0 unspecified atom stereocenters. The molecule has 14 heavy (non-hydrogen) atoms. The maximum atomic E-state index is 12.5. The molecular weight excluding hydrogens is 195 g/mol. The molecule has 0 aliphatic heterocycles. The van der Waals surface area contributed by atoms with Gasteiger partial charge < -0.3 is 4.42 Å². The minimum atomic E-state index is -4.47. The molecule has 78 valence electrons. The van der Waals surface area contributed by atoms with Gasteiger partial charge in [-0.05, 0) is 26.0 Å². The number of aliphatic imine (C=N–C) groups is 1. The molecule has 0 amide bonds. The Morgan fingerprint density at radius 2 is 2.07 bits per heavy atom. The summed E-state index contributed by atoms with van der Waals surface area (Å²) in [6.45, 7) is 3.16. The van der Waals surface area contributed by atoms with Crippen molar-refractivity contribution in [3.63, 3.8) is 0 Å². The molecule has 0 atom stereocenters. The molecular formula is C9H10F3NO. The highest BCUT2D eigenvalue weighted by molar-refractivity contribution is 6.02. The van der Waals surface area contributed by atoms with E-state index in [2.05, 4.69) is 9.41 Å². The van der Waals surface area contributed by atoms with E-state index >= 15 is 0 Å². The van der Waals surface area contributed by atoms with Gasteiger partial charge >= 0.3 is 6.18 Å². The lowest BCUT2D eigenvalue weighted by Gasteiger charge is -2.09. The Balaban J connectivity index is 3.08. The van der Waals surface area contributed by atoms with Crippen molar-refractivity contribution in [3.8, 4) is 0 Å². The molecule has 1 heterocycles. The van der Waals surface area contributed by atoms with Crippen molar-refractivity contribution in [1.29, 1.82) is 0 Å². The highest BCUT2D eigenvalue weighted by Crippen LogP contribution is 2.23. The van der Waals surface area contributed by atoms with Gasteiger partial charge in [0.2, 0.25) is 0 Å². The molecule has 0 saturated carbocycles. The number of furan rings is 1. The second kappa shape index (κ2) is 3.86. The molecule has 0 N–H and O–H groups in total. The summed E-state index contributed by atoms with van der Waals surface area (Å²) in [6.07, 6.45) is -3.28. The van der Waals surface area contributed by atoms with Crippen LogP contribution in [0.15, 0.2) is 27.8 Å². The zero-order chi connectivity index (χ0) is 10.8. The Morgan fingerprint density at radius 3 is 2.43 bits per heavy atom. The van der Waals surface area contributed by atoms with E-state index in [4.69, 9.17) is 0 Å². The van der Waals surface area contributed by atoms with Gasteiger partial charge in [-0.1, -0.05) is 0 Å². The van der Waals surface area contributed by atoms with E-state index in [0.29, 0.717) is 0 Å². The highest BCUT2D eigenvalue weighted by atomic mass is 19.4. The maximum Gasteiger partial charge on any atom is 0.436 e. The summed E-state index contributed by atoms with van der Waals surface area (Å²) in [5.41, 5.74) is -0.961. The Labute approximate surface area is 79.4 Å². The van der Waals surface area contributed by atoms with Crippen LogP contribution in [0.2, 0.25) is 0 Å². The topological polar surface area (TPSA) is 25.5 Å². The minimum absolute atomic E-state index is 0.244. The van der Waals surface area contributed by atoms with Crippen LogP contribution in [0.25, 0.3) is 0 Å². The second-order valence-electron chi connectivity index (χ2n) is 3.05. The molecule has 0 radical (unpaired) electrons. The first kappa shape index (κ1) is 10.8. The zero-order valence-electron chi connectivity index (χ0n) is 7.80. The van der Waals surface area contributed by atoms with Crippen molar-refractivity contribution < 1.29 is 17.6 Å². The highest BCUT2D eigenvalue weighted by Gasteiger charge is 2.38. The first-order valence-electron chi connectivity index (χ1n) is 4.10. The van der Waals surface area contributed by atoms with Crippen molar-refractivity contribution in [3.05, 3.63) is 24.2 Å². The Bertz CT molecular complexity index is 311. The van der Waals surface area contributed by atoms with Gasteiger partial charge in [0.15, 0.2) is 11.5 Å². The van der Waals surface area contributed by atoms with Crippen molar-refractivity contribution in [1.82, 2.24) is 0 Å². The largest absolute Gasteiger partial charge is 0.463 e. The first-order valence-corrected chi connectivity index (χ1v) is 4.10. The van der Waals surface area contributed by atoms with Crippen LogP contribution in [0.3, 0.4) is 0 Å². The van der Waals surface area contributed by atoms with Crippen LogP contribution in [-0.4, -0.2) is 17.9 Å². The van der Waals surface area contributed by atoms with Gasteiger partial charge in [0.05, 0.1) is 6.26 Å². The lowest BCUT2D eigenvalue weighted by molar-refractivity contribution is -0.0592. The standard InChI is InChI=1S/C9H10F3NO/c1-6(2)13-8(9(10,11)12)7-4-3-5-14-7/h3-6H,1-2H3. The van der Waals surface area contributed by atoms with E-state index < -0.39 is 17.9 Å². The van der Waals surface area contributed by atoms with Crippen LogP contribution >= 0.6 is 0 Å². The predicted molar refractivity (Wildman–Crippen MR) is 46.4 cm³/mol. The summed E-state index contributed by atoms with van der Waals surface area (Å²) < 4.78 is 42.0. The zero-order valence-corrected chi connectivity index (χ0v) is 7.80. The molecule has 0 aliphatic carbocycles. The number of halogens is 3. The van der Waals surface area contributed by atoms with E-state index in [1.807, 2.05) is 0 Å². The van der Waals surface area contributed by atoms with E-state index in [-0.39, 0.29) is 5.76 Å². The lowest BCUT2D eigenvalue weighted by Crippen LogP contribution is -2.24. The number of rotatable bonds is 2. The van der Waals surface area contributed by atoms with Crippen molar-refractivity contribution in [2.45, 2.75) is 26.1 Å². The van der Waals surface area contributed by atoms with Crippen LogP contribution < -0.4 is 0 Å². The molecule has 0 fully saturated rings. The van der Waals surface area contributed by atoms with Crippen molar-refractivity contribution >= 4 is 5.71 Å². The van der Waals surface area contributed by atoms with E-state index in [1.165, 1.54) is 18.4 Å². The van der Waals surface area contributed by atoms with Gasteiger partial charge in [0.25, 0.3) is 0 Å². The van der Waals surface area contributed by atoms with Gasteiger partial charge in [-0.3, -0.25) is 4.99 Å². The van der Waals surface area contributed by atoms with Gasteiger partial charge in [0, 0.05) is 6.04 Å². The smallest absolute Gasteiger partial charge is 0.436 e. The van der Waals surface area contributed by atoms with Crippen LogP contribution in [0.5, 0.6) is 0 Å². The normalized spacial score (nSPS) is 13.7. The third-order valence-corrected chi connectivity index (χ3v) is 1.41. The van der Waals surface area contributed by atoms with Gasteiger partial charge in [-0.15, -0.1) is 0 Å². The molecule has 0 saturated heterocycles. The van der Waals surface area contributed by atoms with Crippen LogP contribution in [-0.2, 0) is 0 Å². The summed E-state index contributed by atoms with van der Waals surface area (Å²) in [6, 6.07) is 2.22. The van der Waals surface area contributed by atoms with E-state index in [9.17, 15) is 13.2 Å². The Morgan fingerprint density at radius 1 is 1.43 bits per heavy atom. The summed E-state index contributed by atoms with van der Waals surface area (Å²) >= 11 is 0. The lowest BCUT2D eigenvalue weighted by atomic mass is 10.2. The average molecular weight is 205 g/mol. The molecule has 5 heteroatoms. The minimum Gasteiger partial charge on any atom is -0.463 e. The quantitative estimate of drug-likeness (QED) is 0.681. The molecule has 0 aromatic carbocycles. The maximum absolute atomic E-state index is 12.5. The Kier molecular flexibility index (Phi) is 2.98. The third-order valence-electron chi connectivity index (χ3n) is 1.41. The van der Waals surface area contributed by atoms with Crippen LogP contribution in [0.1, 0.15) is 19.6 Å².